The molecule has 2 N–H and O–H groups in total. The van der Waals surface area contributed by atoms with E-state index in [2.05, 4.69) is 5.32 Å². The summed E-state index contributed by atoms with van der Waals surface area (Å²) in [5.41, 5.74) is -1.25. The van der Waals surface area contributed by atoms with E-state index in [1.165, 1.54) is 0 Å². The van der Waals surface area contributed by atoms with Crippen molar-refractivity contribution in [1.29, 1.82) is 0 Å². The van der Waals surface area contributed by atoms with Crippen LogP contribution in [0.1, 0.15) is 24.9 Å². The summed E-state index contributed by atoms with van der Waals surface area (Å²) in [5.74, 6) is 1.53. The van der Waals surface area contributed by atoms with Gasteiger partial charge in [-0.3, -0.25) is 4.79 Å². The minimum atomic E-state index is -1.25. The van der Waals surface area contributed by atoms with Gasteiger partial charge in [0.1, 0.15) is 22.9 Å². The van der Waals surface area contributed by atoms with Gasteiger partial charge in [0.15, 0.2) is 0 Å². The van der Waals surface area contributed by atoms with E-state index >= 15 is 0 Å². The van der Waals surface area contributed by atoms with Gasteiger partial charge in [-0.25, -0.2) is 0 Å². The van der Waals surface area contributed by atoms with Crippen LogP contribution in [0.25, 0.3) is 0 Å². The van der Waals surface area contributed by atoms with E-state index in [0.717, 1.165) is 0 Å². The van der Waals surface area contributed by atoms with E-state index in [0.29, 0.717) is 22.3 Å². The maximum atomic E-state index is 11.8. The summed E-state index contributed by atoms with van der Waals surface area (Å²) in [6.45, 7) is 3.68. The predicted octanol–water partition coefficient (Wildman–Crippen LogP) is 3.03. The van der Waals surface area contributed by atoms with E-state index in [9.17, 15) is 9.90 Å². The molecule has 0 saturated carbocycles. The van der Waals surface area contributed by atoms with Crippen molar-refractivity contribution in [2.24, 2.45) is 0 Å². The van der Waals surface area contributed by atoms with Crippen molar-refractivity contribution in [3.63, 3.8) is 0 Å². The highest BCUT2D eigenvalue weighted by Gasteiger charge is 2.27. The van der Waals surface area contributed by atoms with Crippen molar-refractivity contribution in [1.82, 2.24) is 5.32 Å². The molecule has 1 amide bonds. The quantitative estimate of drug-likeness (QED) is 0.814. The molecule has 23 heavy (non-hydrogen) atoms. The Morgan fingerprint density at radius 2 is 2.17 bits per heavy atom. The fraction of sp³-hybridized carbons (Fsp3) is 0.353. The summed E-state index contributed by atoms with van der Waals surface area (Å²) >= 11 is 5.85. The third-order valence-corrected chi connectivity index (χ3v) is 3.53. The van der Waals surface area contributed by atoms with Gasteiger partial charge in [-0.05, 0) is 44.2 Å². The number of amides is 1. The first-order valence-electron chi connectivity index (χ1n) is 7.31. The maximum absolute atomic E-state index is 11.8. The number of hydrogen-bond acceptors (Lipinski definition) is 4. The van der Waals surface area contributed by atoms with Crippen LogP contribution in [0, 0.1) is 6.92 Å². The molecule has 5 nitrogen and oxygen atoms in total. The number of rotatable bonds is 7. The summed E-state index contributed by atoms with van der Waals surface area (Å²) in [7, 11) is 0. The number of carbonyl (C=O) groups excluding carboxylic acids is 1. The van der Waals surface area contributed by atoms with Crippen molar-refractivity contribution in [2.45, 2.75) is 25.9 Å². The molecular formula is C17H20ClNO4. The van der Waals surface area contributed by atoms with Crippen molar-refractivity contribution >= 4 is 17.5 Å². The highest BCUT2D eigenvalue weighted by atomic mass is 35.5. The number of hydrogen-bond donors (Lipinski definition) is 2. The number of benzene rings is 1. The molecule has 0 saturated heterocycles. The van der Waals surface area contributed by atoms with Crippen LogP contribution in [-0.4, -0.2) is 24.2 Å². The summed E-state index contributed by atoms with van der Waals surface area (Å²) in [5, 5.41) is 13.6. The Kier molecular flexibility index (Phi) is 5.69. The van der Waals surface area contributed by atoms with Crippen LogP contribution in [0.5, 0.6) is 5.75 Å². The first kappa shape index (κ1) is 17.4. The molecule has 1 aromatic carbocycles. The molecule has 2 rings (SSSR count). The van der Waals surface area contributed by atoms with Crippen molar-refractivity contribution in [2.75, 3.05) is 13.2 Å². The van der Waals surface area contributed by atoms with Crippen LogP contribution in [-0.2, 0) is 10.4 Å². The van der Waals surface area contributed by atoms with Gasteiger partial charge in [-0.2, -0.15) is 0 Å². The lowest BCUT2D eigenvalue weighted by molar-refractivity contribution is -0.122. The Bertz CT molecular complexity index is 666. The maximum Gasteiger partial charge on any atom is 0.223 e. The standard InChI is InChI=1S/C17H20ClNO4/c1-12-6-7-15(23-12)17(2,21)11-19-16(20)8-9-22-14-5-3-4-13(18)10-14/h3-7,10,21H,8-9,11H2,1-2H3,(H,19,20). The van der Waals surface area contributed by atoms with Gasteiger partial charge in [0.25, 0.3) is 0 Å². The first-order valence-corrected chi connectivity index (χ1v) is 7.69. The summed E-state index contributed by atoms with van der Waals surface area (Å²) in [6, 6.07) is 10.4. The predicted molar refractivity (Wildman–Crippen MR) is 87.6 cm³/mol. The van der Waals surface area contributed by atoms with Gasteiger partial charge in [0.05, 0.1) is 19.6 Å². The molecule has 2 aromatic rings. The van der Waals surface area contributed by atoms with E-state index < -0.39 is 5.60 Å². The Labute approximate surface area is 140 Å². The van der Waals surface area contributed by atoms with E-state index in [1.54, 1.807) is 50.2 Å². The van der Waals surface area contributed by atoms with Crippen molar-refractivity contribution in [3.8, 4) is 5.75 Å². The van der Waals surface area contributed by atoms with Crippen LogP contribution in [0.15, 0.2) is 40.8 Å². The normalized spacial score (nSPS) is 13.4. The molecule has 0 bridgehead atoms. The van der Waals surface area contributed by atoms with Crippen LogP contribution < -0.4 is 10.1 Å². The first-order chi connectivity index (χ1) is 10.9. The Hall–Kier alpha value is -1.98. The lowest BCUT2D eigenvalue weighted by atomic mass is 10.0. The van der Waals surface area contributed by atoms with Gasteiger partial charge in [-0.15, -0.1) is 0 Å². The van der Waals surface area contributed by atoms with Crippen LogP contribution in [0.4, 0.5) is 0 Å². The second kappa shape index (κ2) is 7.53. The second-order valence-corrected chi connectivity index (χ2v) is 5.95. The topological polar surface area (TPSA) is 71.7 Å². The molecule has 0 spiro atoms. The number of carbonyl (C=O) groups is 1. The lowest BCUT2D eigenvalue weighted by Gasteiger charge is -2.21. The Morgan fingerprint density at radius 3 is 2.83 bits per heavy atom. The van der Waals surface area contributed by atoms with Gasteiger partial charge in [-0.1, -0.05) is 17.7 Å². The largest absolute Gasteiger partial charge is 0.493 e. The second-order valence-electron chi connectivity index (χ2n) is 5.52. The van der Waals surface area contributed by atoms with Crippen LogP contribution in [0.2, 0.25) is 5.02 Å². The van der Waals surface area contributed by atoms with Crippen LogP contribution >= 0.6 is 11.6 Å². The monoisotopic (exact) mass is 337 g/mol. The average Bonchev–Trinajstić information content (AvgIpc) is 2.93. The van der Waals surface area contributed by atoms with Crippen molar-refractivity contribution < 1.29 is 19.1 Å². The van der Waals surface area contributed by atoms with Gasteiger partial charge in [0.2, 0.25) is 5.91 Å². The highest BCUT2D eigenvalue weighted by molar-refractivity contribution is 6.30. The molecule has 1 atom stereocenters. The number of halogens is 1. The lowest BCUT2D eigenvalue weighted by Crippen LogP contribution is -2.38. The SMILES string of the molecule is Cc1ccc(C(C)(O)CNC(=O)CCOc2cccc(Cl)c2)o1. The molecule has 0 radical (unpaired) electrons. The molecule has 6 heteroatoms. The zero-order chi connectivity index (χ0) is 16.9. The minimum Gasteiger partial charge on any atom is -0.493 e. The Balaban J connectivity index is 1.74. The zero-order valence-electron chi connectivity index (χ0n) is 13.1. The minimum absolute atomic E-state index is 0.0654. The molecule has 1 aromatic heterocycles. The molecule has 0 aliphatic rings. The fourth-order valence-corrected chi connectivity index (χ4v) is 2.17. The Morgan fingerprint density at radius 1 is 1.39 bits per heavy atom. The molecular weight excluding hydrogens is 318 g/mol. The summed E-state index contributed by atoms with van der Waals surface area (Å²) in [4.78, 5) is 11.8. The third kappa shape index (κ3) is 5.30. The number of nitrogens with one attached hydrogen (secondary N) is 1. The van der Waals surface area contributed by atoms with Gasteiger partial charge in [0, 0.05) is 5.02 Å². The fourth-order valence-electron chi connectivity index (χ4n) is 1.99. The summed E-state index contributed by atoms with van der Waals surface area (Å²) < 4.78 is 10.8. The smallest absolute Gasteiger partial charge is 0.223 e. The molecule has 0 fully saturated rings. The van der Waals surface area contributed by atoms with E-state index in [-0.39, 0.29) is 25.5 Å². The van der Waals surface area contributed by atoms with E-state index in [1.807, 2.05) is 0 Å². The third-order valence-electron chi connectivity index (χ3n) is 3.29. The molecule has 124 valence electrons. The average molecular weight is 338 g/mol. The molecule has 0 aliphatic carbocycles. The highest BCUT2D eigenvalue weighted by Crippen LogP contribution is 2.22. The van der Waals surface area contributed by atoms with E-state index in [4.69, 9.17) is 20.8 Å². The number of furan rings is 1. The number of aliphatic hydroxyl groups is 1. The zero-order valence-corrected chi connectivity index (χ0v) is 13.9. The van der Waals surface area contributed by atoms with Crippen molar-refractivity contribution in [3.05, 3.63) is 52.9 Å². The number of ether oxygens (including phenoxy) is 1. The molecule has 0 aliphatic heterocycles. The summed E-state index contributed by atoms with van der Waals surface area (Å²) in [6.07, 6.45) is 0.180. The number of aryl methyl sites for hydroxylation is 1. The van der Waals surface area contributed by atoms with Gasteiger partial charge >= 0.3 is 0 Å². The van der Waals surface area contributed by atoms with Gasteiger partial charge < -0.3 is 19.6 Å². The molecule has 1 unspecified atom stereocenters. The molecule has 1 heterocycles. The van der Waals surface area contributed by atoms with Crippen LogP contribution in [0.3, 0.4) is 0 Å².